The fourth-order valence-electron chi connectivity index (χ4n) is 2.48. The smallest absolute Gasteiger partial charge is 0.255 e. The number of rotatable bonds is 9. The lowest BCUT2D eigenvalue weighted by atomic mass is 10.2. The molecule has 0 atom stereocenters. The van der Waals surface area contributed by atoms with Crippen LogP contribution < -0.4 is 14.8 Å². The number of carbonyl (C=O) groups excluding carboxylic acids is 1. The van der Waals surface area contributed by atoms with Gasteiger partial charge in [-0.1, -0.05) is 61.0 Å². The quantitative estimate of drug-likeness (QED) is 0.442. The van der Waals surface area contributed by atoms with Crippen LogP contribution in [0.25, 0.3) is 0 Å². The van der Waals surface area contributed by atoms with Gasteiger partial charge in [0.15, 0.2) is 5.75 Å². The van der Waals surface area contributed by atoms with Crippen LogP contribution in [-0.4, -0.2) is 19.6 Å². The number of nitrogens with one attached hydrogen (secondary N) is 1. The van der Waals surface area contributed by atoms with E-state index in [0.717, 1.165) is 19.3 Å². The molecular formula is C20H22Cl3NO3. The fourth-order valence-corrected chi connectivity index (χ4v) is 3.33. The Hall–Kier alpha value is -1.62. The Kier molecular flexibility index (Phi) is 8.55. The first-order valence-corrected chi connectivity index (χ1v) is 9.86. The van der Waals surface area contributed by atoms with E-state index in [9.17, 15) is 4.79 Å². The Morgan fingerprint density at radius 3 is 2.30 bits per heavy atom. The number of halogens is 3. The monoisotopic (exact) mass is 429 g/mol. The molecule has 2 aromatic rings. The Bertz CT molecular complexity index is 773. The molecule has 0 aromatic heterocycles. The van der Waals surface area contributed by atoms with Gasteiger partial charge in [0, 0.05) is 11.3 Å². The second kappa shape index (κ2) is 10.6. The van der Waals surface area contributed by atoms with E-state index in [1.807, 2.05) is 0 Å². The first-order valence-electron chi connectivity index (χ1n) is 8.73. The third-order valence-electron chi connectivity index (χ3n) is 3.91. The molecule has 4 nitrogen and oxygen atoms in total. The highest BCUT2D eigenvalue weighted by Crippen LogP contribution is 2.35. The SMILES string of the molecule is CCCCCCOc1c(Cl)cc(C(=O)Nc2ccc(OC)c(Cl)c2)cc1Cl. The van der Waals surface area contributed by atoms with E-state index < -0.39 is 0 Å². The van der Waals surface area contributed by atoms with E-state index in [-0.39, 0.29) is 5.91 Å². The van der Waals surface area contributed by atoms with Crippen LogP contribution in [0.15, 0.2) is 30.3 Å². The van der Waals surface area contributed by atoms with Crippen molar-refractivity contribution < 1.29 is 14.3 Å². The van der Waals surface area contributed by atoms with Gasteiger partial charge in [-0.05, 0) is 36.8 Å². The fraction of sp³-hybridized carbons (Fsp3) is 0.350. The molecule has 27 heavy (non-hydrogen) atoms. The first kappa shape index (κ1) is 21.7. The molecule has 0 bridgehead atoms. The van der Waals surface area contributed by atoms with Crippen LogP contribution in [-0.2, 0) is 0 Å². The zero-order valence-electron chi connectivity index (χ0n) is 15.3. The maximum absolute atomic E-state index is 12.5. The summed E-state index contributed by atoms with van der Waals surface area (Å²) in [7, 11) is 1.52. The van der Waals surface area contributed by atoms with E-state index in [1.165, 1.54) is 25.7 Å². The summed E-state index contributed by atoms with van der Waals surface area (Å²) in [6.45, 7) is 2.69. The molecule has 0 saturated heterocycles. The predicted octanol–water partition coefficient (Wildman–Crippen LogP) is 6.87. The maximum atomic E-state index is 12.5. The average molecular weight is 431 g/mol. The highest BCUT2D eigenvalue weighted by atomic mass is 35.5. The third-order valence-corrected chi connectivity index (χ3v) is 4.77. The van der Waals surface area contributed by atoms with Crippen LogP contribution in [0.1, 0.15) is 43.0 Å². The Balaban J connectivity index is 2.05. The van der Waals surface area contributed by atoms with E-state index in [0.29, 0.717) is 44.4 Å². The molecule has 0 saturated carbocycles. The summed E-state index contributed by atoms with van der Waals surface area (Å²) in [6, 6.07) is 8.05. The van der Waals surface area contributed by atoms with Gasteiger partial charge >= 0.3 is 0 Å². The van der Waals surface area contributed by atoms with Gasteiger partial charge in [0.05, 0.1) is 28.8 Å². The van der Waals surface area contributed by atoms with E-state index in [4.69, 9.17) is 44.3 Å². The van der Waals surface area contributed by atoms with Gasteiger partial charge in [0.2, 0.25) is 0 Å². The molecule has 2 aromatic carbocycles. The van der Waals surface area contributed by atoms with Gasteiger partial charge in [-0.15, -0.1) is 0 Å². The molecule has 0 radical (unpaired) electrons. The van der Waals surface area contributed by atoms with Crippen LogP contribution in [0.4, 0.5) is 5.69 Å². The van der Waals surface area contributed by atoms with Crippen LogP contribution in [0.3, 0.4) is 0 Å². The topological polar surface area (TPSA) is 47.6 Å². The highest BCUT2D eigenvalue weighted by Gasteiger charge is 2.15. The molecule has 0 unspecified atom stereocenters. The zero-order chi connectivity index (χ0) is 19.8. The van der Waals surface area contributed by atoms with Gasteiger partial charge in [-0.3, -0.25) is 4.79 Å². The summed E-state index contributed by atoms with van der Waals surface area (Å²) in [5.41, 5.74) is 0.865. The number of amides is 1. The van der Waals surface area contributed by atoms with Crippen LogP contribution in [0, 0.1) is 0 Å². The highest BCUT2D eigenvalue weighted by molar-refractivity contribution is 6.38. The van der Waals surface area contributed by atoms with Gasteiger partial charge in [-0.2, -0.15) is 0 Å². The molecule has 0 aliphatic carbocycles. The predicted molar refractivity (Wildman–Crippen MR) is 112 cm³/mol. The summed E-state index contributed by atoms with van der Waals surface area (Å²) in [5.74, 6) is 0.578. The van der Waals surface area contributed by atoms with Crippen molar-refractivity contribution in [3.05, 3.63) is 51.0 Å². The molecule has 1 amide bonds. The van der Waals surface area contributed by atoms with Crippen LogP contribution >= 0.6 is 34.8 Å². The molecule has 1 N–H and O–H groups in total. The normalized spacial score (nSPS) is 10.6. The van der Waals surface area contributed by atoms with Gasteiger partial charge in [0.1, 0.15) is 5.75 Å². The van der Waals surface area contributed by atoms with Crippen molar-refractivity contribution in [1.82, 2.24) is 0 Å². The van der Waals surface area contributed by atoms with Crippen molar-refractivity contribution >= 4 is 46.4 Å². The van der Waals surface area contributed by atoms with Crippen molar-refractivity contribution in [3.63, 3.8) is 0 Å². The molecule has 2 rings (SSSR count). The number of hydrogen-bond acceptors (Lipinski definition) is 3. The Morgan fingerprint density at radius 1 is 1.00 bits per heavy atom. The minimum atomic E-state index is -0.352. The maximum Gasteiger partial charge on any atom is 0.255 e. The summed E-state index contributed by atoms with van der Waals surface area (Å²) in [6.07, 6.45) is 4.35. The number of unbranched alkanes of at least 4 members (excludes halogenated alkanes) is 3. The number of hydrogen-bond donors (Lipinski definition) is 1. The molecule has 0 heterocycles. The van der Waals surface area contributed by atoms with Gasteiger partial charge in [-0.25, -0.2) is 0 Å². The number of methoxy groups -OCH3 is 1. The standard InChI is InChI=1S/C20H22Cl3NO3/c1-3-4-5-6-9-27-19-16(22)10-13(11-17(19)23)20(25)24-14-7-8-18(26-2)15(21)12-14/h7-8,10-12H,3-6,9H2,1-2H3,(H,24,25). The van der Waals surface area contributed by atoms with Crippen molar-refractivity contribution in [1.29, 1.82) is 0 Å². The summed E-state index contributed by atoms with van der Waals surface area (Å²) in [4.78, 5) is 12.5. The summed E-state index contributed by atoms with van der Waals surface area (Å²) in [5, 5.41) is 3.76. The molecule has 0 aliphatic heterocycles. The van der Waals surface area contributed by atoms with Crippen LogP contribution in [0.2, 0.25) is 15.1 Å². The molecule has 0 fully saturated rings. The van der Waals surface area contributed by atoms with E-state index in [2.05, 4.69) is 12.2 Å². The third kappa shape index (κ3) is 6.20. The van der Waals surface area contributed by atoms with Crippen molar-refractivity contribution in [2.24, 2.45) is 0 Å². The van der Waals surface area contributed by atoms with E-state index in [1.54, 1.807) is 18.2 Å². The summed E-state index contributed by atoms with van der Waals surface area (Å²) < 4.78 is 10.8. The molecule has 0 spiro atoms. The second-order valence-electron chi connectivity index (χ2n) is 5.98. The zero-order valence-corrected chi connectivity index (χ0v) is 17.5. The lowest BCUT2D eigenvalue weighted by Gasteiger charge is -2.12. The lowest BCUT2D eigenvalue weighted by Crippen LogP contribution is -2.12. The first-order chi connectivity index (χ1) is 13.0. The Morgan fingerprint density at radius 2 is 1.70 bits per heavy atom. The minimum absolute atomic E-state index is 0.302. The molecule has 7 heteroatoms. The summed E-state index contributed by atoms with van der Waals surface area (Å²) >= 11 is 18.6. The Labute approximate surface area is 174 Å². The number of benzene rings is 2. The minimum Gasteiger partial charge on any atom is -0.495 e. The lowest BCUT2D eigenvalue weighted by molar-refractivity contribution is 0.102. The van der Waals surface area contributed by atoms with Crippen molar-refractivity contribution in [2.45, 2.75) is 32.6 Å². The molecule has 0 aliphatic rings. The number of ether oxygens (including phenoxy) is 2. The number of carbonyl (C=O) groups is 1. The van der Waals surface area contributed by atoms with Crippen LogP contribution in [0.5, 0.6) is 11.5 Å². The average Bonchev–Trinajstić information content (AvgIpc) is 2.63. The van der Waals surface area contributed by atoms with Crippen molar-refractivity contribution in [2.75, 3.05) is 19.0 Å². The van der Waals surface area contributed by atoms with E-state index >= 15 is 0 Å². The van der Waals surface area contributed by atoms with Crippen molar-refractivity contribution in [3.8, 4) is 11.5 Å². The number of anilines is 1. The van der Waals surface area contributed by atoms with Gasteiger partial charge < -0.3 is 14.8 Å². The molecule has 146 valence electrons. The largest absolute Gasteiger partial charge is 0.495 e. The second-order valence-corrected chi connectivity index (χ2v) is 7.20. The molecular weight excluding hydrogens is 409 g/mol. The van der Waals surface area contributed by atoms with Gasteiger partial charge in [0.25, 0.3) is 5.91 Å².